The van der Waals surface area contributed by atoms with Gasteiger partial charge in [0, 0.05) is 12.4 Å². The van der Waals surface area contributed by atoms with Crippen LogP contribution in [0.1, 0.15) is 32.4 Å². The van der Waals surface area contributed by atoms with Gasteiger partial charge in [0.1, 0.15) is 0 Å². The molecule has 1 atom stereocenters. The lowest BCUT2D eigenvalue weighted by Gasteiger charge is -2.37. The monoisotopic (exact) mass is 252 g/mol. The smallest absolute Gasteiger partial charge is 0.192 e. The number of aromatic nitrogens is 1. The summed E-state index contributed by atoms with van der Waals surface area (Å²) in [4.78, 5) is 3.99. The SMILES string of the molecule is CC(C)(C)[Si](C)(C)OCC(N)c1ccncc1. The van der Waals surface area contributed by atoms with Gasteiger partial charge in [-0.2, -0.15) is 0 Å². The lowest BCUT2D eigenvalue weighted by atomic mass is 10.1. The molecule has 0 amide bonds. The zero-order valence-electron chi connectivity index (χ0n) is 11.5. The second-order valence-electron chi connectivity index (χ2n) is 5.96. The van der Waals surface area contributed by atoms with E-state index >= 15 is 0 Å². The van der Waals surface area contributed by atoms with Gasteiger partial charge in [0.05, 0.1) is 12.6 Å². The quantitative estimate of drug-likeness (QED) is 0.838. The van der Waals surface area contributed by atoms with Gasteiger partial charge in [-0.25, -0.2) is 0 Å². The van der Waals surface area contributed by atoms with Crippen molar-refractivity contribution in [2.75, 3.05) is 6.61 Å². The summed E-state index contributed by atoms with van der Waals surface area (Å²) >= 11 is 0. The number of nitrogens with zero attached hydrogens (tertiary/aromatic N) is 1. The Balaban J connectivity index is 2.58. The fourth-order valence-corrected chi connectivity index (χ4v) is 2.25. The fourth-order valence-electron chi connectivity index (χ4n) is 1.22. The molecule has 0 saturated heterocycles. The third-order valence-electron chi connectivity index (χ3n) is 3.56. The molecule has 0 spiro atoms. The summed E-state index contributed by atoms with van der Waals surface area (Å²) in [5.74, 6) is 0. The van der Waals surface area contributed by atoms with E-state index in [1.54, 1.807) is 12.4 Å². The van der Waals surface area contributed by atoms with Gasteiger partial charge in [0.25, 0.3) is 0 Å². The molecular formula is C13H24N2OSi. The Hall–Kier alpha value is -0.713. The molecule has 0 saturated carbocycles. The minimum atomic E-state index is -1.70. The topological polar surface area (TPSA) is 48.1 Å². The van der Waals surface area contributed by atoms with Gasteiger partial charge in [0.15, 0.2) is 8.32 Å². The molecule has 0 radical (unpaired) electrons. The highest BCUT2D eigenvalue weighted by atomic mass is 28.4. The third-order valence-corrected chi connectivity index (χ3v) is 8.06. The van der Waals surface area contributed by atoms with Crippen LogP contribution in [0.4, 0.5) is 0 Å². The molecule has 4 heteroatoms. The summed E-state index contributed by atoms with van der Waals surface area (Å²) in [7, 11) is -1.70. The molecule has 0 aliphatic rings. The van der Waals surface area contributed by atoms with Gasteiger partial charge in [-0.1, -0.05) is 20.8 Å². The minimum Gasteiger partial charge on any atom is -0.415 e. The highest BCUT2D eigenvalue weighted by Gasteiger charge is 2.37. The van der Waals surface area contributed by atoms with Crippen LogP contribution in [-0.4, -0.2) is 19.9 Å². The van der Waals surface area contributed by atoms with E-state index in [0.717, 1.165) is 5.56 Å². The molecule has 17 heavy (non-hydrogen) atoms. The van der Waals surface area contributed by atoms with Crippen LogP contribution in [0.15, 0.2) is 24.5 Å². The summed E-state index contributed by atoms with van der Waals surface area (Å²) < 4.78 is 6.10. The predicted molar refractivity (Wildman–Crippen MR) is 74.3 cm³/mol. The van der Waals surface area contributed by atoms with E-state index in [9.17, 15) is 0 Å². The Bertz CT molecular complexity index is 346. The van der Waals surface area contributed by atoms with Gasteiger partial charge >= 0.3 is 0 Å². The Kier molecular flexibility index (Phi) is 4.46. The van der Waals surface area contributed by atoms with Crippen LogP contribution in [-0.2, 0) is 4.43 Å². The molecule has 0 fully saturated rings. The Morgan fingerprint density at radius 2 is 1.82 bits per heavy atom. The maximum atomic E-state index is 6.11. The summed E-state index contributed by atoms with van der Waals surface area (Å²) in [5, 5.41) is 0.227. The van der Waals surface area contributed by atoms with E-state index in [0.29, 0.717) is 6.61 Å². The van der Waals surface area contributed by atoms with Gasteiger partial charge < -0.3 is 10.2 Å². The van der Waals surface area contributed by atoms with Crippen molar-refractivity contribution in [3.8, 4) is 0 Å². The Morgan fingerprint density at radius 1 is 1.29 bits per heavy atom. The van der Waals surface area contributed by atoms with Crippen molar-refractivity contribution in [2.45, 2.75) is 44.9 Å². The lowest BCUT2D eigenvalue weighted by molar-refractivity contribution is 0.264. The zero-order valence-corrected chi connectivity index (χ0v) is 12.5. The maximum absolute atomic E-state index is 6.11. The normalized spacial score (nSPS) is 14.7. The maximum Gasteiger partial charge on any atom is 0.192 e. The molecule has 1 unspecified atom stereocenters. The first-order chi connectivity index (χ1) is 7.74. The van der Waals surface area contributed by atoms with Crippen LogP contribution in [0.5, 0.6) is 0 Å². The molecule has 1 aromatic rings. The Labute approximate surface area is 106 Å². The summed E-state index contributed by atoms with van der Waals surface area (Å²) in [6.45, 7) is 11.8. The summed E-state index contributed by atoms with van der Waals surface area (Å²) in [6.07, 6.45) is 3.53. The molecule has 0 bridgehead atoms. The van der Waals surface area contributed by atoms with Crippen molar-refractivity contribution in [1.82, 2.24) is 4.98 Å². The predicted octanol–water partition coefficient (Wildman–Crippen LogP) is 3.10. The number of hydrogen-bond donors (Lipinski definition) is 1. The van der Waals surface area contributed by atoms with Crippen LogP contribution in [0.2, 0.25) is 18.1 Å². The van der Waals surface area contributed by atoms with Crippen molar-refractivity contribution in [1.29, 1.82) is 0 Å². The minimum absolute atomic E-state index is 0.0628. The van der Waals surface area contributed by atoms with E-state index < -0.39 is 8.32 Å². The second-order valence-corrected chi connectivity index (χ2v) is 10.8. The van der Waals surface area contributed by atoms with Gasteiger partial charge in [0.2, 0.25) is 0 Å². The van der Waals surface area contributed by atoms with Crippen molar-refractivity contribution in [2.24, 2.45) is 5.73 Å². The van der Waals surface area contributed by atoms with Crippen LogP contribution >= 0.6 is 0 Å². The van der Waals surface area contributed by atoms with Gasteiger partial charge in [-0.15, -0.1) is 0 Å². The number of hydrogen-bond acceptors (Lipinski definition) is 3. The highest BCUT2D eigenvalue weighted by molar-refractivity contribution is 6.74. The fraction of sp³-hybridized carbons (Fsp3) is 0.615. The largest absolute Gasteiger partial charge is 0.415 e. The zero-order chi connectivity index (χ0) is 13.1. The van der Waals surface area contributed by atoms with Crippen molar-refractivity contribution >= 4 is 8.32 Å². The molecule has 96 valence electrons. The highest BCUT2D eigenvalue weighted by Crippen LogP contribution is 2.36. The van der Waals surface area contributed by atoms with Crippen molar-refractivity contribution < 1.29 is 4.43 Å². The van der Waals surface area contributed by atoms with Crippen LogP contribution in [0.25, 0.3) is 0 Å². The summed E-state index contributed by atoms with van der Waals surface area (Å²) in [5.41, 5.74) is 7.20. The first-order valence-electron chi connectivity index (χ1n) is 6.03. The van der Waals surface area contributed by atoms with E-state index in [-0.39, 0.29) is 11.1 Å². The van der Waals surface area contributed by atoms with E-state index in [2.05, 4.69) is 38.8 Å². The molecule has 1 heterocycles. The molecule has 1 rings (SSSR count). The molecule has 1 aromatic heterocycles. The van der Waals surface area contributed by atoms with E-state index in [1.807, 2.05) is 12.1 Å². The number of rotatable bonds is 4. The second kappa shape index (κ2) is 5.29. The average molecular weight is 252 g/mol. The number of pyridine rings is 1. The van der Waals surface area contributed by atoms with Crippen LogP contribution < -0.4 is 5.73 Å². The van der Waals surface area contributed by atoms with E-state index in [4.69, 9.17) is 10.2 Å². The molecule has 0 aliphatic carbocycles. The molecule has 3 nitrogen and oxygen atoms in total. The van der Waals surface area contributed by atoms with Crippen LogP contribution in [0.3, 0.4) is 0 Å². The van der Waals surface area contributed by atoms with Gasteiger partial charge in [-0.05, 0) is 35.8 Å². The Morgan fingerprint density at radius 3 is 2.29 bits per heavy atom. The number of nitrogens with two attached hydrogens (primary N) is 1. The van der Waals surface area contributed by atoms with Crippen molar-refractivity contribution in [3.63, 3.8) is 0 Å². The third kappa shape index (κ3) is 3.91. The average Bonchev–Trinajstić information content (AvgIpc) is 2.25. The lowest BCUT2D eigenvalue weighted by Crippen LogP contribution is -2.42. The van der Waals surface area contributed by atoms with Crippen LogP contribution in [0, 0.1) is 0 Å². The standard InChI is InChI=1S/C13H24N2OSi/c1-13(2,3)17(4,5)16-10-12(14)11-6-8-15-9-7-11/h6-9,12H,10,14H2,1-5H3. The molecule has 2 N–H and O–H groups in total. The summed E-state index contributed by atoms with van der Waals surface area (Å²) in [6, 6.07) is 3.83. The first-order valence-corrected chi connectivity index (χ1v) is 8.94. The first kappa shape index (κ1) is 14.3. The van der Waals surface area contributed by atoms with Crippen molar-refractivity contribution in [3.05, 3.63) is 30.1 Å². The molecule has 0 aliphatic heterocycles. The van der Waals surface area contributed by atoms with E-state index in [1.165, 1.54) is 0 Å². The van der Waals surface area contributed by atoms with Gasteiger partial charge in [-0.3, -0.25) is 4.98 Å². The molecular weight excluding hydrogens is 228 g/mol. The molecule has 0 aromatic carbocycles.